The molecule has 2 heterocycles. The molecule has 0 saturated carbocycles. The highest BCUT2D eigenvalue weighted by Crippen LogP contribution is 2.67. The number of ketones is 1. The van der Waals surface area contributed by atoms with E-state index in [0.717, 1.165) is 16.7 Å². The van der Waals surface area contributed by atoms with Gasteiger partial charge >= 0.3 is 12.1 Å². The number of esters is 1. The lowest BCUT2D eigenvalue weighted by Gasteiger charge is -2.53. The van der Waals surface area contributed by atoms with Gasteiger partial charge in [0.2, 0.25) is 0 Å². The molecule has 6 rings (SSSR count). The third-order valence-corrected chi connectivity index (χ3v) is 7.57. The molecule has 0 radical (unpaired) electrons. The van der Waals surface area contributed by atoms with Crippen LogP contribution in [0.15, 0.2) is 90.7 Å². The van der Waals surface area contributed by atoms with Crippen LogP contribution in [0.25, 0.3) is 5.57 Å². The Morgan fingerprint density at radius 3 is 2.26 bits per heavy atom. The summed E-state index contributed by atoms with van der Waals surface area (Å²) in [6, 6.07) is 18.4. The number of carbonyl (C=O) groups is 3. The van der Waals surface area contributed by atoms with E-state index in [1.54, 1.807) is 26.1 Å². The molecule has 2 aromatic carbocycles. The molecule has 2 aliphatic heterocycles. The number of Topliss-reactive ketones (excluding diaryl/α,β-unsaturated/α-hetero) is 1. The van der Waals surface area contributed by atoms with Gasteiger partial charge in [-0.1, -0.05) is 78.9 Å². The number of carbonyl (C=O) groups excluding carboxylic acids is 3. The van der Waals surface area contributed by atoms with E-state index < -0.39 is 34.9 Å². The Hall–Kier alpha value is -3.93. The Labute approximate surface area is 204 Å². The van der Waals surface area contributed by atoms with Crippen molar-refractivity contribution in [3.63, 3.8) is 0 Å². The zero-order chi connectivity index (χ0) is 24.8. The summed E-state index contributed by atoms with van der Waals surface area (Å²) in [5, 5.41) is 0. The Morgan fingerprint density at radius 2 is 1.63 bits per heavy atom. The average Bonchev–Trinajstić information content (AvgIpc) is 3.05. The first-order valence-electron chi connectivity index (χ1n) is 11.7. The molecule has 0 aromatic heterocycles. The van der Waals surface area contributed by atoms with Crippen LogP contribution in [0.3, 0.4) is 0 Å². The number of hydrogen-bond donors (Lipinski definition) is 0. The highest BCUT2D eigenvalue weighted by atomic mass is 16.6. The maximum Gasteiger partial charge on any atom is 0.414 e. The van der Waals surface area contributed by atoms with Crippen LogP contribution < -0.4 is 0 Å². The van der Waals surface area contributed by atoms with Gasteiger partial charge in [-0.15, -0.1) is 0 Å². The molecule has 35 heavy (non-hydrogen) atoms. The standard InChI is InChI=1S/C29H27NO5/c1-4-35-27(33)30-18-17-22-15-16-23(30)28(21-13-9-6-10-14-21)24(20-11-7-5-8-12-20)19(2)25(31)29(22,28)26(32)34-3/h5-18,22-23H,4H2,1-3H3/t22-,23-,28-,29+/m0/s1. The van der Waals surface area contributed by atoms with Crippen molar-refractivity contribution in [1.29, 1.82) is 0 Å². The molecular weight excluding hydrogens is 442 g/mol. The molecule has 1 amide bonds. The molecule has 178 valence electrons. The largest absolute Gasteiger partial charge is 0.468 e. The van der Waals surface area contributed by atoms with Gasteiger partial charge in [0.05, 0.1) is 25.2 Å². The number of rotatable bonds is 4. The summed E-state index contributed by atoms with van der Waals surface area (Å²) in [6.45, 7) is 3.71. The number of allylic oxidation sites excluding steroid dienone is 3. The minimum absolute atomic E-state index is 0.197. The highest BCUT2D eigenvalue weighted by molar-refractivity contribution is 6.24. The van der Waals surface area contributed by atoms with E-state index >= 15 is 0 Å². The van der Waals surface area contributed by atoms with Crippen molar-refractivity contribution in [3.05, 3.63) is 102 Å². The molecule has 4 atom stereocenters. The smallest absolute Gasteiger partial charge is 0.414 e. The van der Waals surface area contributed by atoms with Crippen LogP contribution in [-0.2, 0) is 24.5 Å². The van der Waals surface area contributed by atoms with E-state index in [4.69, 9.17) is 9.47 Å². The van der Waals surface area contributed by atoms with Gasteiger partial charge in [-0.25, -0.2) is 4.79 Å². The normalized spacial score (nSPS) is 28.7. The zero-order valence-corrected chi connectivity index (χ0v) is 19.9. The van der Waals surface area contributed by atoms with Crippen LogP contribution in [0.2, 0.25) is 0 Å². The van der Waals surface area contributed by atoms with Gasteiger partial charge < -0.3 is 9.47 Å². The number of fused-ring (bicyclic) bond motifs is 1. The fourth-order valence-electron chi connectivity index (χ4n) is 6.39. The van der Waals surface area contributed by atoms with Crippen molar-refractivity contribution in [3.8, 4) is 0 Å². The first-order chi connectivity index (χ1) is 17.0. The molecule has 2 aliphatic carbocycles. The predicted molar refractivity (Wildman–Crippen MR) is 131 cm³/mol. The molecule has 6 nitrogen and oxygen atoms in total. The van der Waals surface area contributed by atoms with Gasteiger partial charge in [-0.05, 0) is 36.1 Å². The van der Waals surface area contributed by atoms with E-state index in [1.807, 2.05) is 72.8 Å². The highest BCUT2D eigenvalue weighted by Gasteiger charge is 2.76. The lowest BCUT2D eigenvalue weighted by atomic mass is 9.48. The minimum atomic E-state index is -1.63. The molecule has 6 heteroatoms. The lowest BCUT2D eigenvalue weighted by Crippen LogP contribution is -2.65. The molecule has 0 unspecified atom stereocenters. The van der Waals surface area contributed by atoms with Gasteiger partial charge in [0.1, 0.15) is 0 Å². The van der Waals surface area contributed by atoms with Crippen LogP contribution >= 0.6 is 0 Å². The monoisotopic (exact) mass is 469 g/mol. The molecule has 0 fully saturated rings. The fourth-order valence-corrected chi connectivity index (χ4v) is 6.39. The topological polar surface area (TPSA) is 72.9 Å². The Bertz CT molecular complexity index is 1280. The lowest BCUT2D eigenvalue weighted by molar-refractivity contribution is -0.163. The van der Waals surface area contributed by atoms with Gasteiger partial charge in [0.15, 0.2) is 11.2 Å². The summed E-state index contributed by atoms with van der Waals surface area (Å²) in [5.74, 6) is -1.54. The maximum atomic E-state index is 14.4. The van der Waals surface area contributed by atoms with E-state index in [0.29, 0.717) is 5.57 Å². The fraction of sp³-hybridized carbons (Fsp3) is 0.276. The second kappa shape index (κ2) is 8.38. The number of nitrogens with zero attached hydrogens (tertiary/aromatic N) is 1. The molecule has 2 bridgehead atoms. The van der Waals surface area contributed by atoms with E-state index in [2.05, 4.69) is 0 Å². The van der Waals surface area contributed by atoms with Crippen LogP contribution in [-0.4, -0.2) is 42.5 Å². The van der Waals surface area contributed by atoms with Crippen LogP contribution in [0.4, 0.5) is 4.79 Å². The van der Waals surface area contributed by atoms with Crippen LogP contribution in [0, 0.1) is 11.3 Å². The summed E-state index contributed by atoms with van der Waals surface area (Å²) in [4.78, 5) is 43.1. The second-order valence-electron chi connectivity index (χ2n) is 8.97. The second-order valence-corrected chi connectivity index (χ2v) is 8.97. The Kier molecular flexibility index (Phi) is 5.47. The summed E-state index contributed by atoms with van der Waals surface area (Å²) in [6.07, 6.45) is 6.61. The molecule has 0 saturated heterocycles. The molecule has 0 spiro atoms. The number of ether oxygens (including phenoxy) is 2. The van der Waals surface area contributed by atoms with Crippen molar-refractivity contribution in [2.24, 2.45) is 11.3 Å². The molecule has 2 aromatic rings. The van der Waals surface area contributed by atoms with Gasteiger partial charge in [-0.3, -0.25) is 14.5 Å². The number of methoxy groups -OCH3 is 1. The van der Waals surface area contributed by atoms with Gasteiger partial charge in [-0.2, -0.15) is 0 Å². The van der Waals surface area contributed by atoms with Crippen molar-refractivity contribution in [2.45, 2.75) is 25.3 Å². The Morgan fingerprint density at radius 1 is 0.971 bits per heavy atom. The zero-order valence-electron chi connectivity index (χ0n) is 19.9. The van der Waals surface area contributed by atoms with Gasteiger partial charge in [0.25, 0.3) is 0 Å². The van der Waals surface area contributed by atoms with Crippen LogP contribution in [0.1, 0.15) is 25.0 Å². The van der Waals surface area contributed by atoms with E-state index in [9.17, 15) is 14.4 Å². The number of amides is 1. The molecule has 4 aliphatic rings. The van der Waals surface area contributed by atoms with Crippen molar-refractivity contribution in [2.75, 3.05) is 13.7 Å². The van der Waals surface area contributed by atoms with Crippen LogP contribution in [0.5, 0.6) is 0 Å². The summed E-state index contributed by atoms with van der Waals surface area (Å²) < 4.78 is 10.8. The maximum absolute atomic E-state index is 14.4. The summed E-state index contributed by atoms with van der Waals surface area (Å²) >= 11 is 0. The van der Waals surface area contributed by atoms with Crippen molar-refractivity contribution >= 4 is 23.4 Å². The quantitative estimate of drug-likeness (QED) is 0.369. The van der Waals surface area contributed by atoms with Gasteiger partial charge in [0, 0.05) is 12.1 Å². The Balaban J connectivity index is 1.95. The summed E-state index contributed by atoms with van der Waals surface area (Å²) in [7, 11) is 1.31. The molecule has 0 N–H and O–H groups in total. The van der Waals surface area contributed by atoms with Crippen molar-refractivity contribution in [1.82, 2.24) is 4.90 Å². The predicted octanol–water partition coefficient (Wildman–Crippen LogP) is 4.68. The molecular formula is C29H27NO5. The summed E-state index contributed by atoms with van der Waals surface area (Å²) in [5.41, 5.74) is -0.0976. The van der Waals surface area contributed by atoms with Crippen molar-refractivity contribution < 1.29 is 23.9 Å². The first-order valence-corrected chi connectivity index (χ1v) is 11.7. The number of hydrogen-bond acceptors (Lipinski definition) is 5. The minimum Gasteiger partial charge on any atom is -0.468 e. The average molecular weight is 470 g/mol. The third kappa shape index (κ3) is 2.80. The number of benzene rings is 2. The van der Waals surface area contributed by atoms with E-state index in [-0.39, 0.29) is 12.4 Å². The third-order valence-electron chi connectivity index (χ3n) is 7.57. The van der Waals surface area contributed by atoms with E-state index in [1.165, 1.54) is 12.0 Å². The first kappa shape index (κ1) is 22.8. The SMILES string of the molecule is CCOC(=O)N1C=C[C@@H]2C=C[C@H]1[C@@]1(c3ccccc3)C(c3ccccc3)=C(C)C(=O)[C@@]21C(=O)OC.